The molecule has 0 aliphatic carbocycles. The molecule has 0 saturated carbocycles. The number of guanidine groups is 1. The van der Waals surface area contributed by atoms with E-state index in [1.54, 1.807) is 12.1 Å². The summed E-state index contributed by atoms with van der Waals surface area (Å²) in [4.78, 5) is 42.7. The zero-order valence-electron chi connectivity index (χ0n) is 20.5. The summed E-state index contributed by atoms with van der Waals surface area (Å²) in [5, 5.41) is 5.53. The van der Waals surface area contributed by atoms with Crippen LogP contribution < -0.4 is 27.8 Å². The highest BCUT2D eigenvalue weighted by Gasteiger charge is 2.26. The molecule has 0 aromatic heterocycles. The number of benzene rings is 3. The fourth-order valence-electron chi connectivity index (χ4n) is 3.90. The molecule has 3 aromatic rings. The standard InChI is InChI=1S/C28H32N6O3/c29-25(35)24(18-19-10-3-1-4-11-19)34-27(37)23(16-9-17-32-28(30)31)33-26(36)22-15-8-7-14-21(22)20-12-5-2-6-13-20/h1-8,10-15,23-24H,9,16-18H2,(H2,29,35)(H,33,36)(H,34,37)(H4,30,31,32)/t23-,24-/m1/s1. The van der Waals surface area contributed by atoms with Crippen LogP contribution in [0.25, 0.3) is 11.1 Å². The number of nitrogens with zero attached hydrogens (tertiary/aromatic N) is 1. The van der Waals surface area contributed by atoms with Crippen LogP contribution in [0.4, 0.5) is 0 Å². The van der Waals surface area contributed by atoms with E-state index in [4.69, 9.17) is 17.2 Å². The van der Waals surface area contributed by atoms with E-state index in [-0.39, 0.29) is 25.3 Å². The highest BCUT2D eigenvalue weighted by atomic mass is 16.2. The minimum absolute atomic E-state index is 0.0570. The molecule has 192 valence electrons. The molecule has 9 heteroatoms. The van der Waals surface area contributed by atoms with Gasteiger partial charge in [-0.15, -0.1) is 0 Å². The van der Waals surface area contributed by atoms with Gasteiger partial charge in [-0.25, -0.2) is 0 Å². The Kier molecular flexibility index (Phi) is 9.78. The van der Waals surface area contributed by atoms with Crippen molar-refractivity contribution in [2.45, 2.75) is 31.3 Å². The largest absolute Gasteiger partial charge is 0.370 e. The van der Waals surface area contributed by atoms with Crippen LogP contribution >= 0.6 is 0 Å². The lowest BCUT2D eigenvalue weighted by Crippen LogP contribution is -2.53. The lowest BCUT2D eigenvalue weighted by molar-refractivity contribution is -0.128. The summed E-state index contributed by atoms with van der Waals surface area (Å²) in [7, 11) is 0. The SMILES string of the molecule is NC(=O)[C@@H](Cc1ccccc1)NC(=O)[C@@H](CCCN=C(N)N)NC(=O)c1ccccc1-c1ccccc1. The Morgan fingerprint density at radius 3 is 2.03 bits per heavy atom. The number of nitrogens with one attached hydrogen (secondary N) is 2. The van der Waals surface area contributed by atoms with Crippen molar-refractivity contribution in [3.05, 3.63) is 96.1 Å². The summed E-state index contributed by atoms with van der Waals surface area (Å²) >= 11 is 0. The smallest absolute Gasteiger partial charge is 0.252 e. The van der Waals surface area contributed by atoms with E-state index in [1.807, 2.05) is 72.8 Å². The number of primary amides is 1. The fraction of sp³-hybridized carbons (Fsp3) is 0.214. The second kappa shape index (κ2) is 13.4. The number of hydrogen-bond acceptors (Lipinski definition) is 4. The molecule has 3 aromatic carbocycles. The molecule has 0 radical (unpaired) electrons. The van der Waals surface area contributed by atoms with Gasteiger partial charge in [-0.1, -0.05) is 78.9 Å². The van der Waals surface area contributed by atoms with Crippen LogP contribution in [0.3, 0.4) is 0 Å². The maximum absolute atomic E-state index is 13.4. The van der Waals surface area contributed by atoms with Gasteiger partial charge in [0.15, 0.2) is 5.96 Å². The minimum Gasteiger partial charge on any atom is -0.370 e. The monoisotopic (exact) mass is 500 g/mol. The van der Waals surface area contributed by atoms with Gasteiger partial charge in [-0.3, -0.25) is 19.4 Å². The van der Waals surface area contributed by atoms with Crippen LogP contribution in [0.1, 0.15) is 28.8 Å². The Hall–Kier alpha value is -4.66. The number of carbonyl (C=O) groups is 3. The van der Waals surface area contributed by atoms with Crippen LogP contribution in [0.15, 0.2) is 89.9 Å². The van der Waals surface area contributed by atoms with Crippen molar-refractivity contribution in [1.82, 2.24) is 10.6 Å². The van der Waals surface area contributed by atoms with E-state index in [1.165, 1.54) is 0 Å². The van der Waals surface area contributed by atoms with E-state index in [0.29, 0.717) is 12.0 Å². The first-order valence-corrected chi connectivity index (χ1v) is 12.0. The molecule has 0 unspecified atom stereocenters. The number of hydrogen-bond donors (Lipinski definition) is 5. The van der Waals surface area contributed by atoms with E-state index < -0.39 is 29.8 Å². The number of amides is 3. The maximum Gasteiger partial charge on any atom is 0.252 e. The van der Waals surface area contributed by atoms with Gasteiger partial charge in [-0.05, 0) is 35.6 Å². The van der Waals surface area contributed by atoms with Crippen molar-refractivity contribution < 1.29 is 14.4 Å². The van der Waals surface area contributed by atoms with Gasteiger partial charge in [0, 0.05) is 18.5 Å². The van der Waals surface area contributed by atoms with Gasteiger partial charge >= 0.3 is 0 Å². The van der Waals surface area contributed by atoms with Crippen LogP contribution in [0.5, 0.6) is 0 Å². The first kappa shape index (κ1) is 26.9. The van der Waals surface area contributed by atoms with Crippen molar-refractivity contribution in [3.8, 4) is 11.1 Å². The van der Waals surface area contributed by atoms with Gasteiger partial charge < -0.3 is 27.8 Å². The molecule has 0 spiro atoms. The maximum atomic E-state index is 13.4. The summed E-state index contributed by atoms with van der Waals surface area (Å²) in [5.41, 5.74) is 19.2. The first-order chi connectivity index (χ1) is 17.8. The molecule has 2 atom stereocenters. The number of aliphatic imine (C=N–C) groups is 1. The van der Waals surface area contributed by atoms with Crippen LogP contribution in [0.2, 0.25) is 0 Å². The highest BCUT2D eigenvalue weighted by molar-refractivity contribution is 6.03. The van der Waals surface area contributed by atoms with Gasteiger partial charge in [0.05, 0.1) is 0 Å². The minimum atomic E-state index is -0.942. The number of carbonyl (C=O) groups excluding carboxylic acids is 3. The lowest BCUT2D eigenvalue weighted by atomic mass is 9.98. The second-order valence-electron chi connectivity index (χ2n) is 8.54. The predicted molar refractivity (Wildman–Crippen MR) is 144 cm³/mol. The van der Waals surface area contributed by atoms with Gasteiger partial charge in [0.1, 0.15) is 12.1 Å². The molecule has 0 aliphatic heterocycles. The molecule has 0 bridgehead atoms. The van der Waals surface area contributed by atoms with E-state index in [0.717, 1.165) is 16.7 Å². The summed E-state index contributed by atoms with van der Waals surface area (Å²) in [6.45, 7) is 0.284. The normalized spacial score (nSPS) is 12.1. The summed E-state index contributed by atoms with van der Waals surface area (Å²) in [6, 6.07) is 24.0. The van der Waals surface area contributed by atoms with Gasteiger partial charge in [0.2, 0.25) is 11.8 Å². The van der Waals surface area contributed by atoms with Gasteiger partial charge in [-0.2, -0.15) is 0 Å². The molecule has 0 aliphatic rings. The van der Waals surface area contributed by atoms with E-state index in [9.17, 15) is 14.4 Å². The summed E-state index contributed by atoms with van der Waals surface area (Å²) < 4.78 is 0. The van der Waals surface area contributed by atoms with Crippen molar-refractivity contribution in [2.24, 2.45) is 22.2 Å². The lowest BCUT2D eigenvalue weighted by Gasteiger charge is -2.22. The Morgan fingerprint density at radius 2 is 1.38 bits per heavy atom. The molecule has 37 heavy (non-hydrogen) atoms. The Labute approximate surface area is 216 Å². The predicted octanol–water partition coefficient (Wildman–Crippen LogP) is 1.72. The first-order valence-electron chi connectivity index (χ1n) is 12.0. The molecule has 3 rings (SSSR count). The van der Waals surface area contributed by atoms with Crippen molar-refractivity contribution >= 4 is 23.7 Å². The average molecular weight is 501 g/mol. The third-order valence-electron chi connectivity index (χ3n) is 5.77. The van der Waals surface area contributed by atoms with Gasteiger partial charge in [0.25, 0.3) is 5.91 Å². The third kappa shape index (κ3) is 8.21. The molecule has 8 N–H and O–H groups in total. The second-order valence-corrected chi connectivity index (χ2v) is 8.54. The number of nitrogens with two attached hydrogens (primary N) is 3. The molecule has 0 fully saturated rings. The van der Waals surface area contributed by atoms with Crippen molar-refractivity contribution in [1.29, 1.82) is 0 Å². The number of rotatable bonds is 12. The molecule has 0 saturated heterocycles. The topological polar surface area (TPSA) is 166 Å². The Morgan fingerprint density at radius 1 is 0.757 bits per heavy atom. The third-order valence-corrected chi connectivity index (χ3v) is 5.77. The Balaban J connectivity index is 1.79. The summed E-state index contributed by atoms with van der Waals surface area (Å²) in [5.74, 6) is -1.66. The molecule has 9 nitrogen and oxygen atoms in total. The average Bonchev–Trinajstić information content (AvgIpc) is 2.90. The molecule has 0 heterocycles. The van der Waals surface area contributed by atoms with Crippen LogP contribution in [-0.4, -0.2) is 42.3 Å². The van der Waals surface area contributed by atoms with Crippen molar-refractivity contribution in [3.63, 3.8) is 0 Å². The van der Waals surface area contributed by atoms with E-state index >= 15 is 0 Å². The zero-order chi connectivity index (χ0) is 26.6. The molecular formula is C28H32N6O3. The van der Waals surface area contributed by atoms with Crippen LogP contribution in [0, 0.1) is 0 Å². The van der Waals surface area contributed by atoms with E-state index in [2.05, 4.69) is 15.6 Å². The molecule has 3 amide bonds. The zero-order valence-corrected chi connectivity index (χ0v) is 20.5. The fourth-order valence-corrected chi connectivity index (χ4v) is 3.90. The highest BCUT2D eigenvalue weighted by Crippen LogP contribution is 2.23. The molecular weight excluding hydrogens is 468 g/mol. The van der Waals surface area contributed by atoms with Crippen molar-refractivity contribution in [2.75, 3.05) is 6.54 Å². The Bertz CT molecular complexity index is 1230. The summed E-state index contributed by atoms with van der Waals surface area (Å²) in [6.07, 6.45) is 0.905. The van der Waals surface area contributed by atoms with Crippen LogP contribution in [-0.2, 0) is 16.0 Å². The quantitative estimate of drug-likeness (QED) is 0.145.